The van der Waals surface area contributed by atoms with Gasteiger partial charge in [0.15, 0.2) is 11.5 Å². The lowest BCUT2D eigenvalue weighted by molar-refractivity contribution is -0.129. The molecule has 0 bridgehead atoms. The molecule has 2 heterocycles. The van der Waals surface area contributed by atoms with Gasteiger partial charge < -0.3 is 19.7 Å². The number of rotatable bonds is 1. The zero-order chi connectivity index (χ0) is 12.5. The maximum atomic E-state index is 11.6. The topological polar surface area (TPSA) is 50.8 Å². The van der Waals surface area contributed by atoms with Crippen LogP contribution in [0, 0.1) is 0 Å². The fraction of sp³-hybridized carbons (Fsp3) is 0.462. The van der Waals surface area contributed by atoms with Gasteiger partial charge in [-0.25, -0.2) is 0 Å². The third-order valence-electron chi connectivity index (χ3n) is 3.41. The van der Waals surface area contributed by atoms with Crippen LogP contribution in [0.15, 0.2) is 18.2 Å². The molecule has 1 N–H and O–H groups in total. The monoisotopic (exact) mass is 248 g/mol. The van der Waals surface area contributed by atoms with E-state index in [9.17, 15) is 4.79 Å². The number of ether oxygens (including phenoxy) is 2. The van der Waals surface area contributed by atoms with E-state index in [0.717, 1.165) is 17.1 Å². The van der Waals surface area contributed by atoms with E-state index >= 15 is 0 Å². The fourth-order valence-corrected chi connectivity index (χ4v) is 2.34. The van der Waals surface area contributed by atoms with Crippen LogP contribution in [0.4, 0.5) is 0 Å². The number of likely N-dealkylation sites (N-methyl/N-ethyl adjacent to an activating group) is 1. The summed E-state index contributed by atoms with van der Waals surface area (Å²) in [5.74, 6) is 1.76. The highest BCUT2D eigenvalue weighted by Gasteiger charge is 2.23. The van der Waals surface area contributed by atoms with E-state index in [-0.39, 0.29) is 18.7 Å². The van der Waals surface area contributed by atoms with E-state index in [1.165, 1.54) is 0 Å². The van der Waals surface area contributed by atoms with Gasteiger partial charge in [0.2, 0.25) is 12.7 Å². The van der Waals surface area contributed by atoms with Gasteiger partial charge in [0.05, 0.1) is 6.04 Å². The van der Waals surface area contributed by atoms with Gasteiger partial charge in [-0.2, -0.15) is 0 Å². The second kappa shape index (κ2) is 4.49. The Kier molecular flexibility index (Phi) is 2.83. The Morgan fingerprint density at radius 2 is 2.17 bits per heavy atom. The van der Waals surface area contributed by atoms with Crippen LogP contribution < -0.4 is 14.8 Å². The quantitative estimate of drug-likeness (QED) is 0.802. The Morgan fingerprint density at radius 1 is 1.33 bits per heavy atom. The molecule has 1 aromatic carbocycles. The van der Waals surface area contributed by atoms with Crippen molar-refractivity contribution in [1.29, 1.82) is 0 Å². The van der Waals surface area contributed by atoms with Crippen molar-refractivity contribution in [3.05, 3.63) is 23.8 Å². The first kappa shape index (κ1) is 11.3. The summed E-state index contributed by atoms with van der Waals surface area (Å²) in [6.45, 7) is 1.68. The molecule has 2 aliphatic heterocycles. The smallest absolute Gasteiger partial charge is 0.231 e. The van der Waals surface area contributed by atoms with Crippen molar-refractivity contribution in [3.8, 4) is 11.5 Å². The highest BCUT2D eigenvalue weighted by molar-refractivity contribution is 5.76. The van der Waals surface area contributed by atoms with Crippen molar-refractivity contribution in [2.24, 2.45) is 0 Å². The van der Waals surface area contributed by atoms with Gasteiger partial charge in [0.1, 0.15) is 0 Å². The van der Waals surface area contributed by atoms with E-state index in [0.29, 0.717) is 19.5 Å². The highest BCUT2D eigenvalue weighted by atomic mass is 16.7. The number of nitrogens with one attached hydrogen (secondary N) is 1. The van der Waals surface area contributed by atoms with Gasteiger partial charge in [0, 0.05) is 26.6 Å². The molecule has 0 radical (unpaired) electrons. The summed E-state index contributed by atoms with van der Waals surface area (Å²) in [6.07, 6.45) is 0.553. The Morgan fingerprint density at radius 3 is 3.06 bits per heavy atom. The lowest BCUT2D eigenvalue weighted by Gasteiger charge is -2.21. The minimum Gasteiger partial charge on any atom is -0.454 e. The van der Waals surface area contributed by atoms with Gasteiger partial charge in [-0.1, -0.05) is 6.07 Å². The SMILES string of the molecule is CN1CC(c2ccc3c(c2)OCO3)NCCC1=O. The van der Waals surface area contributed by atoms with E-state index < -0.39 is 0 Å². The molecule has 0 aromatic heterocycles. The van der Waals surface area contributed by atoms with Crippen LogP contribution in [0.1, 0.15) is 18.0 Å². The molecule has 0 spiro atoms. The van der Waals surface area contributed by atoms with Crippen LogP contribution in [-0.4, -0.2) is 37.7 Å². The summed E-state index contributed by atoms with van der Waals surface area (Å²) in [6, 6.07) is 6.08. The van der Waals surface area contributed by atoms with Crippen LogP contribution in [0.3, 0.4) is 0 Å². The number of carbonyl (C=O) groups excluding carboxylic acids is 1. The average Bonchev–Trinajstić information content (AvgIpc) is 2.77. The molecule has 5 heteroatoms. The molecule has 1 aromatic rings. The van der Waals surface area contributed by atoms with Gasteiger partial charge >= 0.3 is 0 Å². The first-order chi connectivity index (χ1) is 8.74. The van der Waals surface area contributed by atoms with Gasteiger partial charge in [0.25, 0.3) is 0 Å². The van der Waals surface area contributed by atoms with E-state index in [1.807, 2.05) is 25.2 Å². The Hall–Kier alpha value is -1.75. The maximum absolute atomic E-state index is 11.6. The van der Waals surface area contributed by atoms with Crippen molar-refractivity contribution in [2.75, 3.05) is 26.9 Å². The van der Waals surface area contributed by atoms with Crippen LogP contribution >= 0.6 is 0 Å². The first-order valence-corrected chi connectivity index (χ1v) is 6.11. The average molecular weight is 248 g/mol. The number of benzene rings is 1. The molecule has 1 saturated heterocycles. The minimum atomic E-state index is 0.149. The van der Waals surface area contributed by atoms with Crippen molar-refractivity contribution < 1.29 is 14.3 Å². The molecule has 0 saturated carbocycles. The third-order valence-corrected chi connectivity index (χ3v) is 3.41. The van der Waals surface area contributed by atoms with Gasteiger partial charge in [-0.15, -0.1) is 0 Å². The number of amides is 1. The standard InChI is InChI=1S/C13H16N2O3/c1-15-7-10(14-5-4-13(15)16)9-2-3-11-12(6-9)18-8-17-11/h2-3,6,10,14H,4-5,7-8H2,1H3. The zero-order valence-electron chi connectivity index (χ0n) is 10.3. The second-order valence-corrected chi connectivity index (χ2v) is 4.64. The molecular weight excluding hydrogens is 232 g/mol. The van der Waals surface area contributed by atoms with Crippen LogP contribution in [0.2, 0.25) is 0 Å². The molecule has 0 aliphatic carbocycles. The largest absolute Gasteiger partial charge is 0.454 e. The third kappa shape index (κ3) is 2.01. The Labute approximate surface area is 106 Å². The summed E-state index contributed by atoms with van der Waals surface area (Å²) in [5, 5.41) is 3.39. The first-order valence-electron chi connectivity index (χ1n) is 6.11. The molecule has 5 nitrogen and oxygen atoms in total. The van der Waals surface area contributed by atoms with Crippen molar-refractivity contribution in [1.82, 2.24) is 10.2 Å². The van der Waals surface area contributed by atoms with Crippen LogP contribution in [0.5, 0.6) is 11.5 Å². The normalized spacial score (nSPS) is 23.1. The number of fused-ring (bicyclic) bond motifs is 1. The zero-order valence-corrected chi connectivity index (χ0v) is 10.3. The predicted molar refractivity (Wildman–Crippen MR) is 65.6 cm³/mol. The highest BCUT2D eigenvalue weighted by Crippen LogP contribution is 2.34. The summed E-state index contributed by atoms with van der Waals surface area (Å²) in [4.78, 5) is 13.4. The van der Waals surface area contributed by atoms with Gasteiger partial charge in [-0.05, 0) is 17.7 Å². The molecule has 3 rings (SSSR count). The Bertz CT molecular complexity index is 475. The molecular formula is C13H16N2O3. The molecule has 1 atom stereocenters. The van der Waals surface area contributed by atoms with Crippen LogP contribution in [-0.2, 0) is 4.79 Å². The number of nitrogens with zero attached hydrogens (tertiary/aromatic N) is 1. The van der Waals surface area contributed by atoms with Crippen molar-refractivity contribution in [2.45, 2.75) is 12.5 Å². The van der Waals surface area contributed by atoms with E-state index in [4.69, 9.17) is 9.47 Å². The molecule has 18 heavy (non-hydrogen) atoms. The van der Waals surface area contributed by atoms with E-state index in [1.54, 1.807) is 4.90 Å². The lowest BCUT2D eigenvalue weighted by Crippen LogP contribution is -2.30. The molecule has 1 amide bonds. The molecule has 96 valence electrons. The van der Waals surface area contributed by atoms with Crippen molar-refractivity contribution >= 4 is 5.91 Å². The summed E-state index contributed by atoms with van der Waals surface area (Å²) >= 11 is 0. The summed E-state index contributed by atoms with van der Waals surface area (Å²) in [7, 11) is 1.84. The summed E-state index contributed by atoms with van der Waals surface area (Å²) < 4.78 is 10.7. The molecule has 1 fully saturated rings. The molecule has 2 aliphatic rings. The fourth-order valence-electron chi connectivity index (χ4n) is 2.34. The molecule has 1 unspecified atom stereocenters. The lowest BCUT2D eigenvalue weighted by atomic mass is 10.1. The second-order valence-electron chi connectivity index (χ2n) is 4.64. The number of hydrogen-bond acceptors (Lipinski definition) is 4. The van der Waals surface area contributed by atoms with Crippen LogP contribution in [0.25, 0.3) is 0 Å². The van der Waals surface area contributed by atoms with E-state index in [2.05, 4.69) is 5.32 Å². The predicted octanol–water partition coefficient (Wildman–Crippen LogP) is 0.908. The number of carbonyl (C=O) groups is 1. The Balaban J connectivity index is 1.83. The number of hydrogen-bond donors (Lipinski definition) is 1. The maximum Gasteiger partial charge on any atom is 0.231 e. The van der Waals surface area contributed by atoms with Crippen molar-refractivity contribution in [3.63, 3.8) is 0 Å². The minimum absolute atomic E-state index is 0.149. The van der Waals surface area contributed by atoms with Gasteiger partial charge in [-0.3, -0.25) is 4.79 Å². The summed E-state index contributed by atoms with van der Waals surface area (Å²) in [5.41, 5.74) is 1.13.